The molecule has 4 N–H and O–H groups in total. The van der Waals surface area contributed by atoms with E-state index in [1.807, 2.05) is 6.08 Å². The van der Waals surface area contributed by atoms with Crippen LogP contribution >= 0.6 is 0 Å². The number of fused-ring (bicyclic) bond motifs is 1. The fourth-order valence-electron chi connectivity index (χ4n) is 4.66. The Morgan fingerprint density at radius 3 is 2.71 bits per heavy atom. The van der Waals surface area contributed by atoms with E-state index in [4.69, 9.17) is 0 Å². The molecule has 1 fully saturated rings. The zero-order valence-corrected chi connectivity index (χ0v) is 18.6. The zero-order chi connectivity index (χ0) is 23.9. The van der Waals surface area contributed by atoms with Crippen LogP contribution in [0, 0.1) is 0 Å². The molecule has 1 amide bonds. The smallest absolute Gasteiger partial charge is 0.362 e. The molecule has 34 heavy (non-hydrogen) atoms. The number of hydrogen-bond donors (Lipinski definition) is 4. The third kappa shape index (κ3) is 4.28. The summed E-state index contributed by atoms with van der Waals surface area (Å²) in [5.41, 5.74) is 0.180. The lowest BCUT2D eigenvalue weighted by atomic mass is 10.0. The highest BCUT2D eigenvalue weighted by atomic mass is 19.4. The normalized spacial score (nSPS) is 24.9. The molecule has 0 aromatic heterocycles. The van der Waals surface area contributed by atoms with Crippen molar-refractivity contribution in [1.29, 1.82) is 0 Å². The second kappa shape index (κ2) is 8.80. The van der Waals surface area contributed by atoms with Crippen molar-refractivity contribution >= 4 is 11.6 Å². The predicted molar refractivity (Wildman–Crippen MR) is 121 cm³/mol. The molecule has 0 spiro atoms. The number of benzene rings is 1. The van der Waals surface area contributed by atoms with Crippen molar-refractivity contribution in [3.63, 3.8) is 0 Å². The SMILES string of the molecule is CC1=C(C(=O)NC2=CC(N3CCCC3)NCN2)N2N=C(c3ccccc3C(F)(F)F)C=CC2N1. The van der Waals surface area contributed by atoms with Gasteiger partial charge in [-0.25, -0.2) is 5.01 Å². The molecule has 4 aliphatic heterocycles. The van der Waals surface area contributed by atoms with Crippen LogP contribution in [0.4, 0.5) is 13.2 Å². The quantitative estimate of drug-likeness (QED) is 0.535. The van der Waals surface area contributed by atoms with Crippen LogP contribution in [0.2, 0.25) is 0 Å². The Kier molecular flexibility index (Phi) is 5.82. The van der Waals surface area contributed by atoms with Gasteiger partial charge in [0.05, 0.1) is 24.1 Å². The Morgan fingerprint density at radius 1 is 1.18 bits per heavy atom. The molecular formula is C23H26F3N7O. The summed E-state index contributed by atoms with van der Waals surface area (Å²) in [6.07, 6.45) is 2.56. The Labute approximate surface area is 195 Å². The maximum atomic E-state index is 13.5. The molecule has 2 atom stereocenters. The molecule has 1 saturated heterocycles. The molecule has 0 saturated carbocycles. The van der Waals surface area contributed by atoms with Crippen molar-refractivity contribution < 1.29 is 18.0 Å². The van der Waals surface area contributed by atoms with E-state index in [1.54, 1.807) is 19.1 Å². The average Bonchev–Trinajstić information content (AvgIpc) is 3.45. The number of amides is 1. The molecule has 11 heteroatoms. The van der Waals surface area contributed by atoms with Crippen molar-refractivity contribution in [1.82, 2.24) is 31.2 Å². The summed E-state index contributed by atoms with van der Waals surface area (Å²) in [7, 11) is 0. The van der Waals surface area contributed by atoms with Crippen LogP contribution in [0.3, 0.4) is 0 Å². The number of hydrazone groups is 1. The molecule has 180 valence electrons. The molecule has 1 aromatic rings. The third-order valence-corrected chi connectivity index (χ3v) is 6.28. The van der Waals surface area contributed by atoms with E-state index >= 15 is 0 Å². The van der Waals surface area contributed by atoms with E-state index in [0.717, 1.165) is 32.0 Å². The fourth-order valence-corrected chi connectivity index (χ4v) is 4.66. The lowest BCUT2D eigenvalue weighted by Gasteiger charge is -2.31. The van der Waals surface area contributed by atoms with Crippen LogP contribution < -0.4 is 21.3 Å². The standard InChI is InChI=1S/C23H26F3N7O/c1-14-21(22(34)30-18-12-20(28-13-27-18)32-10-4-5-11-32)33-19(29-14)9-8-17(31-33)15-6-2-3-7-16(15)23(24,25)26/h2-3,6-9,12,19-20,27-29H,4-5,10-11,13H2,1H3,(H,30,34). The number of alkyl halides is 3. The lowest BCUT2D eigenvalue weighted by molar-refractivity contribution is -0.137. The summed E-state index contributed by atoms with van der Waals surface area (Å²) in [6, 6.07) is 5.29. The molecule has 0 radical (unpaired) electrons. The minimum Gasteiger partial charge on any atom is -0.362 e. The van der Waals surface area contributed by atoms with Crippen LogP contribution in [-0.2, 0) is 11.0 Å². The Bertz CT molecular complexity index is 1100. The van der Waals surface area contributed by atoms with Crippen molar-refractivity contribution in [2.75, 3.05) is 19.8 Å². The molecular weight excluding hydrogens is 447 g/mol. The number of nitrogens with zero attached hydrogens (tertiary/aromatic N) is 3. The first-order chi connectivity index (χ1) is 16.3. The van der Waals surface area contributed by atoms with Crippen LogP contribution in [0.1, 0.15) is 30.9 Å². The number of rotatable bonds is 4. The molecule has 4 heterocycles. The van der Waals surface area contributed by atoms with Crippen molar-refractivity contribution in [3.8, 4) is 0 Å². The van der Waals surface area contributed by atoms with Crippen LogP contribution in [0.15, 0.2) is 64.8 Å². The number of carbonyl (C=O) groups excluding carboxylic acids is 1. The molecule has 5 rings (SSSR count). The van der Waals surface area contributed by atoms with Gasteiger partial charge in [-0.2, -0.15) is 18.3 Å². The van der Waals surface area contributed by atoms with Gasteiger partial charge in [0.2, 0.25) is 0 Å². The van der Waals surface area contributed by atoms with Gasteiger partial charge in [0, 0.05) is 11.3 Å². The van der Waals surface area contributed by atoms with Crippen molar-refractivity contribution in [2.45, 2.75) is 38.3 Å². The lowest BCUT2D eigenvalue weighted by Crippen LogP contribution is -2.52. The fraction of sp³-hybridized carbons (Fsp3) is 0.391. The monoisotopic (exact) mass is 473 g/mol. The number of likely N-dealkylation sites (tertiary alicyclic amines) is 1. The van der Waals surface area contributed by atoms with E-state index < -0.39 is 23.8 Å². The van der Waals surface area contributed by atoms with Gasteiger partial charge in [0.25, 0.3) is 5.91 Å². The van der Waals surface area contributed by atoms with Crippen molar-refractivity contribution in [2.24, 2.45) is 5.10 Å². The number of halogens is 3. The largest absolute Gasteiger partial charge is 0.417 e. The van der Waals surface area contributed by atoms with Gasteiger partial charge in [-0.15, -0.1) is 0 Å². The number of hydrogen-bond acceptors (Lipinski definition) is 7. The first kappa shape index (κ1) is 22.5. The summed E-state index contributed by atoms with van der Waals surface area (Å²) >= 11 is 0. The van der Waals surface area contributed by atoms with Crippen molar-refractivity contribution in [3.05, 3.63) is 70.8 Å². The van der Waals surface area contributed by atoms with Gasteiger partial charge in [0.1, 0.15) is 17.7 Å². The molecule has 4 aliphatic rings. The number of nitrogens with one attached hydrogen (secondary N) is 4. The highest BCUT2D eigenvalue weighted by Crippen LogP contribution is 2.34. The second-order valence-electron chi connectivity index (χ2n) is 8.58. The summed E-state index contributed by atoms with van der Waals surface area (Å²) in [5.74, 6) is 0.194. The minimum absolute atomic E-state index is 0.0324. The van der Waals surface area contributed by atoms with Crippen LogP contribution in [0.25, 0.3) is 0 Å². The zero-order valence-electron chi connectivity index (χ0n) is 18.6. The number of carbonyl (C=O) groups is 1. The van der Waals surface area contributed by atoms with Crippen LogP contribution in [-0.4, -0.2) is 53.6 Å². The summed E-state index contributed by atoms with van der Waals surface area (Å²) < 4.78 is 40.6. The maximum Gasteiger partial charge on any atom is 0.417 e. The maximum absolute atomic E-state index is 13.5. The van der Waals surface area contributed by atoms with E-state index in [-0.39, 0.29) is 23.1 Å². The van der Waals surface area contributed by atoms with E-state index in [2.05, 4.69) is 31.3 Å². The predicted octanol–water partition coefficient (Wildman–Crippen LogP) is 1.97. The molecule has 1 aromatic carbocycles. The highest BCUT2D eigenvalue weighted by molar-refractivity contribution is 6.10. The minimum atomic E-state index is -4.52. The average molecular weight is 474 g/mol. The Balaban J connectivity index is 1.38. The van der Waals surface area contributed by atoms with Gasteiger partial charge in [-0.05, 0) is 57.1 Å². The highest BCUT2D eigenvalue weighted by Gasteiger charge is 2.38. The van der Waals surface area contributed by atoms with Gasteiger partial charge in [0.15, 0.2) is 0 Å². The van der Waals surface area contributed by atoms with E-state index in [0.29, 0.717) is 18.2 Å². The molecule has 8 nitrogen and oxygen atoms in total. The van der Waals surface area contributed by atoms with Gasteiger partial charge in [-0.3, -0.25) is 15.0 Å². The first-order valence-electron chi connectivity index (χ1n) is 11.3. The van der Waals surface area contributed by atoms with Gasteiger partial charge < -0.3 is 16.0 Å². The van der Waals surface area contributed by atoms with Gasteiger partial charge >= 0.3 is 6.18 Å². The van der Waals surface area contributed by atoms with Gasteiger partial charge in [-0.1, -0.05) is 18.2 Å². The number of allylic oxidation sites excluding steroid dienone is 2. The summed E-state index contributed by atoms with van der Waals surface area (Å²) in [6.45, 7) is 4.26. The molecule has 2 unspecified atom stereocenters. The molecule has 0 aliphatic carbocycles. The summed E-state index contributed by atoms with van der Waals surface area (Å²) in [5, 5.41) is 18.4. The van der Waals surface area contributed by atoms with Crippen LogP contribution in [0.5, 0.6) is 0 Å². The first-order valence-corrected chi connectivity index (χ1v) is 11.3. The third-order valence-electron chi connectivity index (χ3n) is 6.28. The Hall–Kier alpha value is -3.31. The Morgan fingerprint density at radius 2 is 1.94 bits per heavy atom. The van der Waals surface area contributed by atoms with E-state index in [9.17, 15) is 18.0 Å². The summed E-state index contributed by atoms with van der Waals surface area (Å²) in [4.78, 5) is 15.6. The second-order valence-corrected chi connectivity index (χ2v) is 8.58. The topological polar surface area (TPSA) is 84.0 Å². The van der Waals surface area contributed by atoms with E-state index in [1.165, 1.54) is 23.2 Å². The molecule has 0 bridgehead atoms.